The third kappa shape index (κ3) is 4.75. The van der Waals surface area contributed by atoms with E-state index in [2.05, 4.69) is 20.9 Å². The Bertz CT molecular complexity index is 1110. The lowest BCUT2D eigenvalue weighted by molar-refractivity contribution is -0.129. The maximum Gasteiger partial charge on any atom is 0.363 e. The first-order chi connectivity index (χ1) is 14.1. The number of carbonyl (C=O) groups excluding carboxylic acids is 1. The van der Waals surface area contributed by atoms with E-state index in [0.29, 0.717) is 17.4 Å². The van der Waals surface area contributed by atoms with Gasteiger partial charge in [-0.05, 0) is 54.1 Å². The summed E-state index contributed by atoms with van der Waals surface area (Å²) in [5.74, 6) is 0.443. The van der Waals surface area contributed by atoms with Crippen molar-refractivity contribution in [2.45, 2.75) is 6.61 Å². The van der Waals surface area contributed by atoms with Crippen molar-refractivity contribution in [3.63, 3.8) is 0 Å². The van der Waals surface area contributed by atoms with Crippen LogP contribution in [0, 0.1) is 0 Å². The van der Waals surface area contributed by atoms with Crippen molar-refractivity contribution in [3.8, 4) is 5.75 Å². The van der Waals surface area contributed by atoms with Crippen molar-refractivity contribution in [2.75, 3.05) is 0 Å². The van der Waals surface area contributed by atoms with Crippen LogP contribution in [0.1, 0.15) is 16.7 Å². The second-order valence-electron chi connectivity index (χ2n) is 6.30. The number of hydrogen-bond acceptors (Lipinski definition) is 4. The quantitative estimate of drug-likeness (QED) is 0.339. The SMILES string of the molecule is O=C1OC(c2ccc(Br)cc2)=N/C1=C\c1ccccc1OCc1ccc(Cl)cc1. The first kappa shape index (κ1) is 19.4. The van der Waals surface area contributed by atoms with Gasteiger partial charge in [-0.3, -0.25) is 0 Å². The van der Waals surface area contributed by atoms with Crippen molar-refractivity contribution >= 4 is 45.5 Å². The highest BCUT2D eigenvalue weighted by Gasteiger charge is 2.24. The van der Waals surface area contributed by atoms with Crippen LogP contribution in [-0.4, -0.2) is 11.9 Å². The second kappa shape index (κ2) is 8.64. The van der Waals surface area contributed by atoms with Gasteiger partial charge in [0.05, 0.1) is 0 Å². The van der Waals surface area contributed by atoms with Crippen molar-refractivity contribution in [1.29, 1.82) is 0 Å². The van der Waals surface area contributed by atoms with Gasteiger partial charge in [-0.25, -0.2) is 9.79 Å². The molecule has 0 atom stereocenters. The number of esters is 1. The van der Waals surface area contributed by atoms with Crippen molar-refractivity contribution in [3.05, 3.63) is 105 Å². The number of carbonyl (C=O) groups is 1. The predicted molar refractivity (Wildman–Crippen MR) is 117 cm³/mol. The van der Waals surface area contributed by atoms with E-state index in [1.54, 1.807) is 6.08 Å². The van der Waals surface area contributed by atoms with E-state index in [-0.39, 0.29) is 11.6 Å². The van der Waals surface area contributed by atoms with Gasteiger partial charge in [-0.15, -0.1) is 0 Å². The highest BCUT2D eigenvalue weighted by molar-refractivity contribution is 9.10. The Morgan fingerprint density at radius 2 is 1.72 bits per heavy atom. The number of para-hydroxylation sites is 1. The Morgan fingerprint density at radius 3 is 2.48 bits per heavy atom. The minimum Gasteiger partial charge on any atom is -0.488 e. The van der Waals surface area contributed by atoms with E-state index in [1.807, 2.05) is 72.8 Å². The molecule has 29 heavy (non-hydrogen) atoms. The number of ether oxygens (including phenoxy) is 2. The number of benzene rings is 3. The van der Waals surface area contributed by atoms with Crippen molar-refractivity contribution in [2.24, 2.45) is 4.99 Å². The maximum absolute atomic E-state index is 12.3. The molecule has 4 rings (SSSR count). The van der Waals surface area contributed by atoms with Gasteiger partial charge < -0.3 is 9.47 Å². The fraction of sp³-hybridized carbons (Fsp3) is 0.0435. The lowest BCUT2D eigenvalue weighted by Gasteiger charge is -2.09. The number of halogens is 2. The van der Waals surface area contributed by atoms with E-state index in [4.69, 9.17) is 21.1 Å². The number of cyclic esters (lactones) is 1. The molecular formula is C23H15BrClNO3. The molecule has 4 nitrogen and oxygen atoms in total. The summed E-state index contributed by atoms with van der Waals surface area (Å²) in [5, 5.41) is 0.679. The molecule has 6 heteroatoms. The minimum absolute atomic E-state index is 0.227. The largest absolute Gasteiger partial charge is 0.488 e. The maximum atomic E-state index is 12.3. The Kier molecular flexibility index (Phi) is 5.79. The van der Waals surface area contributed by atoms with Crippen molar-refractivity contribution in [1.82, 2.24) is 0 Å². The van der Waals surface area contributed by atoms with Crippen LogP contribution >= 0.6 is 27.5 Å². The van der Waals surface area contributed by atoms with Crippen molar-refractivity contribution < 1.29 is 14.3 Å². The summed E-state index contributed by atoms with van der Waals surface area (Å²) in [6, 6.07) is 22.3. The molecule has 0 aromatic heterocycles. The van der Waals surface area contributed by atoms with E-state index >= 15 is 0 Å². The molecule has 1 aliphatic heterocycles. The highest BCUT2D eigenvalue weighted by Crippen LogP contribution is 2.26. The van der Waals surface area contributed by atoms with E-state index in [1.165, 1.54) is 0 Å². The molecule has 3 aromatic rings. The summed E-state index contributed by atoms with van der Waals surface area (Å²) < 4.78 is 12.2. The summed E-state index contributed by atoms with van der Waals surface area (Å²) in [6.07, 6.45) is 1.67. The summed E-state index contributed by atoms with van der Waals surface area (Å²) in [6.45, 7) is 0.384. The topological polar surface area (TPSA) is 47.9 Å². The van der Waals surface area contributed by atoms with Gasteiger partial charge in [0.15, 0.2) is 5.70 Å². The zero-order chi connectivity index (χ0) is 20.2. The monoisotopic (exact) mass is 467 g/mol. The summed E-state index contributed by atoms with van der Waals surface area (Å²) in [7, 11) is 0. The summed E-state index contributed by atoms with van der Waals surface area (Å²) >= 11 is 9.31. The van der Waals surface area contributed by atoms with Gasteiger partial charge in [-0.2, -0.15) is 0 Å². The molecule has 0 saturated carbocycles. The third-order valence-corrected chi connectivity index (χ3v) is 5.01. The Morgan fingerprint density at radius 1 is 1.00 bits per heavy atom. The van der Waals surface area contributed by atoms with Gasteiger partial charge in [0.25, 0.3) is 0 Å². The van der Waals surface area contributed by atoms with Crippen LogP contribution in [0.3, 0.4) is 0 Å². The molecule has 3 aromatic carbocycles. The zero-order valence-electron chi connectivity index (χ0n) is 15.1. The molecule has 144 valence electrons. The molecule has 0 aliphatic carbocycles. The fourth-order valence-corrected chi connectivity index (χ4v) is 3.14. The number of aliphatic imine (C=N–C) groups is 1. The summed E-state index contributed by atoms with van der Waals surface area (Å²) in [4.78, 5) is 16.6. The molecule has 1 heterocycles. The Labute approximate surface area is 181 Å². The zero-order valence-corrected chi connectivity index (χ0v) is 17.5. The normalized spacial score (nSPS) is 14.6. The predicted octanol–water partition coefficient (Wildman–Crippen LogP) is 6.03. The highest BCUT2D eigenvalue weighted by atomic mass is 79.9. The smallest absolute Gasteiger partial charge is 0.363 e. The van der Waals surface area contributed by atoms with Gasteiger partial charge in [0.2, 0.25) is 5.90 Å². The van der Waals surface area contributed by atoms with Gasteiger partial charge in [-0.1, -0.05) is 57.9 Å². The van der Waals surface area contributed by atoms with Crippen LogP contribution < -0.4 is 4.74 Å². The van der Waals surface area contributed by atoms with Crippen LogP contribution in [0.4, 0.5) is 0 Å². The molecule has 0 amide bonds. The van der Waals surface area contributed by atoms with Crippen LogP contribution in [0.5, 0.6) is 5.75 Å². The number of rotatable bonds is 5. The minimum atomic E-state index is -0.490. The molecule has 0 bridgehead atoms. The van der Waals surface area contributed by atoms with E-state index in [9.17, 15) is 4.79 Å². The van der Waals surface area contributed by atoms with Gasteiger partial charge >= 0.3 is 5.97 Å². The average molecular weight is 469 g/mol. The first-order valence-corrected chi connectivity index (χ1v) is 10.0. The lowest BCUT2D eigenvalue weighted by atomic mass is 10.1. The average Bonchev–Trinajstić information content (AvgIpc) is 3.09. The first-order valence-electron chi connectivity index (χ1n) is 8.83. The molecular weight excluding hydrogens is 454 g/mol. The van der Waals surface area contributed by atoms with E-state index < -0.39 is 5.97 Å². The van der Waals surface area contributed by atoms with Gasteiger partial charge in [0, 0.05) is 20.6 Å². The Hall–Kier alpha value is -2.89. The van der Waals surface area contributed by atoms with Crippen LogP contribution in [0.25, 0.3) is 6.08 Å². The van der Waals surface area contributed by atoms with Crippen LogP contribution in [-0.2, 0) is 16.1 Å². The molecule has 1 aliphatic rings. The second-order valence-corrected chi connectivity index (χ2v) is 7.65. The molecule has 0 unspecified atom stereocenters. The number of nitrogens with zero attached hydrogens (tertiary/aromatic N) is 1. The molecule has 0 spiro atoms. The van der Waals surface area contributed by atoms with Gasteiger partial charge in [0.1, 0.15) is 12.4 Å². The van der Waals surface area contributed by atoms with Crippen LogP contribution in [0.2, 0.25) is 5.02 Å². The van der Waals surface area contributed by atoms with E-state index in [0.717, 1.165) is 21.2 Å². The molecule has 0 radical (unpaired) electrons. The lowest BCUT2D eigenvalue weighted by Crippen LogP contribution is -2.05. The Balaban J connectivity index is 1.56. The molecule has 0 fully saturated rings. The fourth-order valence-electron chi connectivity index (χ4n) is 2.75. The van der Waals surface area contributed by atoms with Crippen LogP contribution in [0.15, 0.2) is 88.0 Å². The standard InChI is InChI=1S/C23H15BrClNO3/c24-18-9-7-16(8-10-18)22-26-20(23(27)29-22)13-17-3-1-2-4-21(17)28-14-15-5-11-19(25)12-6-15/h1-13H,14H2/b20-13-. The molecule has 0 saturated heterocycles. The summed E-state index contributed by atoms with van der Waals surface area (Å²) in [5.41, 5.74) is 2.70. The third-order valence-electron chi connectivity index (χ3n) is 4.23. The number of hydrogen-bond donors (Lipinski definition) is 0. The molecule has 0 N–H and O–H groups in total.